The molecule has 1 heterocycles. The molecule has 2 rings (SSSR count). The Morgan fingerprint density at radius 2 is 2.24 bits per heavy atom. The summed E-state index contributed by atoms with van der Waals surface area (Å²) in [5, 5.41) is 9.56. The van der Waals surface area contributed by atoms with Crippen molar-refractivity contribution in [3.05, 3.63) is 22.7 Å². The normalized spacial score (nSPS) is 12.0. The number of halogens is 1. The predicted molar refractivity (Wildman–Crippen MR) is 86.9 cm³/mol. The Balaban J connectivity index is 2.47. The van der Waals surface area contributed by atoms with Gasteiger partial charge in [0.05, 0.1) is 28.9 Å². The van der Waals surface area contributed by atoms with Crippen LogP contribution in [0.5, 0.6) is 0 Å². The average molecular weight is 373 g/mol. The van der Waals surface area contributed by atoms with E-state index in [-0.39, 0.29) is 11.4 Å². The van der Waals surface area contributed by atoms with Crippen molar-refractivity contribution >= 4 is 44.7 Å². The fourth-order valence-corrected chi connectivity index (χ4v) is 2.99. The van der Waals surface area contributed by atoms with Crippen LogP contribution in [0.4, 0.5) is 0 Å². The molecule has 114 valence electrons. The van der Waals surface area contributed by atoms with E-state index in [1.807, 2.05) is 36.6 Å². The predicted octanol–water partition coefficient (Wildman–Crippen LogP) is 3.40. The van der Waals surface area contributed by atoms with Gasteiger partial charge in [0.1, 0.15) is 0 Å². The minimum Gasteiger partial charge on any atom is -0.481 e. The summed E-state index contributed by atoms with van der Waals surface area (Å²) in [6.07, 6.45) is 0. The van der Waals surface area contributed by atoms with Gasteiger partial charge in [-0.25, -0.2) is 4.98 Å². The fraction of sp³-hybridized carbons (Fsp3) is 0.429. The molecular formula is C14H17BrN2O3S. The van der Waals surface area contributed by atoms with Crippen molar-refractivity contribution in [1.82, 2.24) is 9.55 Å². The number of carboxylic acid groups (broad SMARTS) is 1. The minimum absolute atomic E-state index is 0.0160. The number of aromatic nitrogens is 2. The zero-order valence-electron chi connectivity index (χ0n) is 12.1. The molecule has 0 amide bonds. The number of hydrogen-bond donors (Lipinski definition) is 1. The highest BCUT2D eigenvalue weighted by atomic mass is 79.9. The Morgan fingerprint density at radius 3 is 2.86 bits per heavy atom. The van der Waals surface area contributed by atoms with Crippen LogP contribution in [-0.2, 0) is 16.1 Å². The number of benzene rings is 1. The lowest BCUT2D eigenvalue weighted by Crippen LogP contribution is -2.29. The molecule has 1 aromatic carbocycles. The molecule has 0 atom stereocenters. The van der Waals surface area contributed by atoms with Crippen LogP contribution < -0.4 is 0 Å². The molecular weight excluding hydrogens is 356 g/mol. The highest BCUT2D eigenvalue weighted by Gasteiger charge is 2.22. The largest absolute Gasteiger partial charge is 0.481 e. The van der Waals surface area contributed by atoms with Crippen LogP contribution in [0.15, 0.2) is 27.8 Å². The lowest BCUT2D eigenvalue weighted by Gasteiger charge is -2.24. The summed E-state index contributed by atoms with van der Waals surface area (Å²) in [5.41, 5.74) is 1.44. The van der Waals surface area contributed by atoms with Crippen LogP contribution in [-0.4, -0.2) is 39.1 Å². The van der Waals surface area contributed by atoms with Crippen molar-refractivity contribution in [2.24, 2.45) is 0 Å². The van der Waals surface area contributed by atoms with E-state index in [4.69, 9.17) is 9.84 Å². The maximum Gasteiger partial charge on any atom is 0.313 e. The van der Waals surface area contributed by atoms with Gasteiger partial charge in [0, 0.05) is 11.6 Å². The molecule has 0 aliphatic heterocycles. The second-order valence-electron chi connectivity index (χ2n) is 5.26. The number of carboxylic acids is 1. The van der Waals surface area contributed by atoms with Crippen LogP contribution in [0.25, 0.3) is 11.0 Å². The maximum absolute atomic E-state index is 10.8. The van der Waals surface area contributed by atoms with E-state index in [0.29, 0.717) is 11.7 Å². The van der Waals surface area contributed by atoms with Gasteiger partial charge < -0.3 is 14.4 Å². The van der Waals surface area contributed by atoms with Gasteiger partial charge in [-0.3, -0.25) is 4.79 Å². The summed E-state index contributed by atoms with van der Waals surface area (Å²) in [4.78, 5) is 15.3. The highest BCUT2D eigenvalue weighted by molar-refractivity contribution is 9.10. The van der Waals surface area contributed by atoms with Gasteiger partial charge in [0.15, 0.2) is 5.16 Å². The number of thioether (sulfide) groups is 1. The third kappa shape index (κ3) is 3.99. The topological polar surface area (TPSA) is 64.3 Å². The van der Waals surface area contributed by atoms with Crippen LogP contribution in [0.1, 0.15) is 13.8 Å². The first-order valence-electron chi connectivity index (χ1n) is 6.38. The molecule has 0 spiro atoms. The van der Waals surface area contributed by atoms with E-state index < -0.39 is 5.97 Å². The number of imidazole rings is 1. The van der Waals surface area contributed by atoms with E-state index in [0.717, 1.165) is 15.5 Å². The summed E-state index contributed by atoms with van der Waals surface area (Å²) in [6.45, 7) is 4.57. The Bertz CT molecular complexity index is 670. The first-order valence-corrected chi connectivity index (χ1v) is 8.16. The van der Waals surface area contributed by atoms with E-state index in [1.54, 1.807) is 7.11 Å². The zero-order chi connectivity index (χ0) is 15.6. The lowest BCUT2D eigenvalue weighted by atomic mass is 10.1. The number of carbonyl (C=O) groups is 1. The van der Waals surface area contributed by atoms with Gasteiger partial charge in [-0.1, -0.05) is 27.7 Å². The molecule has 0 unspecified atom stereocenters. The quantitative estimate of drug-likeness (QED) is 0.787. The summed E-state index contributed by atoms with van der Waals surface area (Å²) >= 11 is 4.68. The van der Waals surface area contributed by atoms with E-state index in [1.165, 1.54) is 11.8 Å². The zero-order valence-corrected chi connectivity index (χ0v) is 14.5. The molecule has 21 heavy (non-hydrogen) atoms. The van der Waals surface area contributed by atoms with Crippen molar-refractivity contribution in [3.63, 3.8) is 0 Å². The third-order valence-electron chi connectivity index (χ3n) is 3.09. The molecule has 1 aromatic heterocycles. The van der Waals surface area contributed by atoms with Gasteiger partial charge in [0.2, 0.25) is 0 Å². The summed E-state index contributed by atoms with van der Waals surface area (Å²) < 4.78 is 8.46. The van der Waals surface area contributed by atoms with Crippen molar-refractivity contribution in [2.75, 3.05) is 12.9 Å². The minimum atomic E-state index is -0.856. The van der Waals surface area contributed by atoms with Crippen molar-refractivity contribution < 1.29 is 14.6 Å². The smallest absolute Gasteiger partial charge is 0.313 e. The van der Waals surface area contributed by atoms with Gasteiger partial charge >= 0.3 is 5.97 Å². The molecule has 7 heteroatoms. The average Bonchev–Trinajstić information content (AvgIpc) is 2.74. The number of ether oxygens (including phenoxy) is 1. The number of fused-ring (bicyclic) bond motifs is 1. The van der Waals surface area contributed by atoms with Gasteiger partial charge in [0.25, 0.3) is 0 Å². The first kappa shape index (κ1) is 16.3. The number of nitrogens with zero attached hydrogens (tertiary/aromatic N) is 2. The standard InChI is InChI=1S/C14H17BrN2O3S/c1-14(2,20-3)8-17-11-6-9(15)4-5-10(11)16-13(17)21-7-12(18)19/h4-6H,7-8H2,1-3H3,(H,18,19). The molecule has 1 N–H and O–H groups in total. The molecule has 2 aromatic rings. The molecule has 0 saturated carbocycles. The second-order valence-corrected chi connectivity index (χ2v) is 7.12. The van der Waals surface area contributed by atoms with E-state index in [2.05, 4.69) is 20.9 Å². The van der Waals surface area contributed by atoms with Gasteiger partial charge in [-0.15, -0.1) is 0 Å². The van der Waals surface area contributed by atoms with Crippen molar-refractivity contribution in [2.45, 2.75) is 31.1 Å². The Morgan fingerprint density at radius 1 is 1.52 bits per heavy atom. The number of rotatable bonds is 6. The number of hydrogen-bond acceptors (Lipinski definition) is 4. The van der Waals surface area contributed by atoms with E-state index >= 15 is 0 Å². The third-order valence-corrected chi connectivity index (χ3v) is 4.55. The summed E-state index contributed by atoms with van der Waals surface area (Å²) in [7, 11) is 1.67. The molecule has 0 saturated heterocycles. The van der Waals surface area contributed by atoms with Gasteiger partial charge in [-0.05, 0) is 32.0 Å². The molecule has 0 fully saturated rings. The van der Waals surface area contributed by atoms with Crippen molar-refractivity contribution in [1.29, 1.82) is 0 Å². The summed E-state index contributed by atoms with van der Waals surface area (Å²) in [6, 6.07) is 5.83. The maximum atomic E-state index is 10.8. The Labute approximate surface area is 135 Å². The van der Waals surface area contributed by atoms with Crippen LogP contribution in [0.2, 0.25) is 0 Å². The number of methoxy groups -OCH3 is 1. The van der Waals surface area contributed by atoms with E-state index in [9.17, 15) is 4.79 Å². The second kappa shape index (κ2) is 6.37. The lowest BCUT2D eigenvalue weighted by molar-refractivity contribution is -0.133. The monoisotopic (exact) mass is 372 g/mol. The Kier molecular flexibility index (Phi) is 4.95. The molecule has 0 bridgehead atoms. The van der Waals surface area contributed by atoms with Crippen LogP contribution >= 0.6 is 27.7 Å². The fourth-order valence-electron chi connectivity index (χ4n) is 1.91. The van der Waals surface area contributed by atoms with Gasteiger partial charge in [-0.2, -0.15) is 0 Å². The molecule has 5 nitrogen and oxygen atoms in total. The molecule has 0 radical (unpaired) electrons. The first-order chi connectivity index (χ1) is 9.82. The summed E-state index contributed by atoms with van der Waals surface area (Å²) in [5.74, 6) is -0.872. The Hall–Kier alpha value is -1.05. The highest BCUT2D eigenvalue weighted by Crippen LogP contribution is 2.28. The molecule has 0 aliphatic rings. The van der Waals surface area contributed by atoms with Crippen LogP contribution in [0, 0.1) is 0 Å². The number of aliphatic carboxylic acids is 1. The SMILES string of the molecule is COC(C)(C)Cn1c(SCC(=O)O)nc2ccc(Br)cc21. The van der Waals surface area contributed by atoms with Crippen molar-refractivity contribution in [3.8, 4) is 0 Å². The molecule has 0 aliphatic carbocycles. The van der Waals surface area contributed by atoms with Crippen LogP contribution in [0.3, 0.4) is 0 Å².